The number of aryl methyl sites for hydroxylation is 1. The number of amides is 1. The summed E-state index contributed by atoms with van der Waals surface area (Å²) in [6.45, 7) is 1.37. The van der Waals surface area contributed by atoms with Gasteiger partial charge < -0.3 is 14.4 Å². The molecule has 0 aliphatic carbocycles. The summed E-state index contributed by atoms with van der Waals surface area (Å²) >= 11 is 0. The molecular weight excluding hydrogens is 457 g/mol. The van der Waals surface area contributed by atoms with Crippen LogP contribution in [0.4, 0.5) is 4.39 Å². The number of carbonyl (C=O) groups is 1. The molecule has 1 aliphatic heterocycles. The Hall–Kier alpha value is -3.97. The molecule has 36 heavy (non-hydrogen) atoms. The predicted octanol–water partition coefficient (Wildman–Crippen LogP) is 5.84. The van der Waals surface area contributed by atoms with E-state index in [1.807, 2.05) is 60.7 Å². The lowest BCUT2D eigenvalue weighted by molar-refractivity contribution is 0.0506. The van der Waals surface area contributed by atoms with Gasteiger partial charge in [-0.2, -0.15) is 5.10 Å². The molecule has 6 nitrogen and oxygen atoms in total. The van der Waals surface area contributed by atoms with Crippen LogP contribution in [0.3, 0.4) is 0 Å². The van der Waals surface area contributed by atoms with Crippen molar-refractivity contribution in [3.05, 3.63) is 102 Å². The SMILES string of the molecule is Cn1nc(-c2ccccc2)c(CN(CC2CCCO2)C(=O)c2ccccc2)c1Oc1ccccc1F. The highest BCUT2D eigenvalue weighted by molar-refractivity contribution is 5.94. The van der Waals surface area contributed by atoms with Gasteiger partial charge in [-0.05, 0) is 37.1 Å². The second-order valence-electron chi connectivity index (χ2n) is 8.84. The van der Waals surface area contributed by atoms with Gasteiger partial charge in [0, 0.05) is 31.3 Å². The number of carbonyl (C=O) groups excluding carboxylic acids is 1. The molecule has 0 bridgehead atoms. The number of ether oxygens (including phenoxy) is 2. The molecule has 1 aromatic heterocycles. The molecule has 1 fully saturated rings. The van der Waals surface area contributed by atoms with E-state index in [0.29, 0.717) is 35.9 Å². The zero-order valence-corrected chi connectivity index (χ0v) is 20.1. The van der Waals surface area contributed by atoms with Crippen molar-refractivity contribution in [2.24, 2.45) is 7.05 Å². The first-order valence-electron chi connectivity index (χ1n) is 12.1. The molecule has 1 unspecified atom stereocenters. The summed E-state index contributed by atoms with van der Waals surface area (Å²) in [7, 11) is 1.76. The third-order valence-corrected chi connectivity index (χ3v) is 6.28. The predicted molar refractivity (Wildman–Crippen MR) is 135 cm³/mol. The summed E-state index contributed by atoms with van der Waals surface area (Å²) in [5.74, 6) is -0.0909. The maximum absolute atomic E-state index is 14.5. The van der Waals surface area contributed by atoms with E-state index < -0.39 is 5.82 Å². The van der Waals surface area contributed by atoms with Crippen molar-refractivity contribution in [2.75, 3.05) is 13.2 Å². The van der Waals surface area contributed by atoms with Gasteiger partial charge in [-0.3, -0.25) is 4.79 Å². The average molecular weight is 486 g/mol. The highest BCUT2D eigenvalue weighted by atomic mass is 19.1. The van der Waals surface area contributed by atoms with E-state index in [-0.39, 0.29) is 24.3 Å². The maximum atomic E-state index is 14.5. The monoisotopic (exact) mass is 485 g/mol. The van der Waals surface area contributed by atoms with E-state index in [4.69, 9.17) is 14.6 Å². The molecule has 0 N–H and O–H groups in total. The number of halogens is 1. The van der Waals surface area contributed by atoms with Gasteiger partial charge in [-0.1, -0.05) is 60.7 Å². The summed E-state index contributed by atoms with van der Waals surface area (Å²) in [5.41, 5.74) is 2.87. The normalized spacial score (nSPS) is 15.1. The number of nitrogens with zero attached hydrogens (tertiary/aromatic N) is 3. The molecule has 0 spiro atoms. The van der Waals surface area contributed by atoms with Gasteiger partial charge in [0.1, 0.15) is 5.69 Å². The lowest BCUT2D eigenvalue weighted by Crippen LogP contribution is -2.37. The molecule has 2 heterocycles. The first-order chi connectivity index (χ1) is 17.6. The van der Waals surface area contributed by atoms with Crippen molar-refractivity contribution in [2.45, 2.75) is 25.5 Å². The third kappa shape index (κ3) is 5.16. The third-order valence-electron chi connectivity index (χ3n) is 6.28. The molecule has 7 heteroatoms. The minimum atomic E-state index is -0.470. The Morgan fingerprint density at radius 1 is 1.06 bits per heavy atom. The Morgan fingerprint density at radius 2 is 1.75 bits per heavy atom. The van der Waals surface area contributed by atoms with Gasteiger partial charge >= 0.3 is 0 Å². The largest absolute Gasteiger partial charge is 0.436 e. The molecule has 0 saturated carbocycles. The number of aromatic nitrogens is 2. The average Bonchev–Trinajstić information content (AvgIpc) is 3.54. The molecule has 1 atom stereocenters. The second-order valence-corrected chi connectivity index (χ2v) is 8.84. The van der Waals surface area contributed by atoms with Gasteiger partial charge in [0.25, 0.3) is 5.91 Å². The molecular formula is C29H28FN3O3. The van der Waals surface area contributed by atoms with Crippen LogP contribution in [0.5, 0.6) is 11.6 Å². The fraction of sp³-hybridized carbons (Fsp3) is 0.241. The minimum Gasteiger partial charge on any atom is -0.436 e. The number of rotatable bonds is 8. The fourth-order valence-corrected chi connectivity index (χ4v) is 4.49. The Bertz CT molecular complexity index is 1320. The Kier molecular flexibility index (Phi) is 7.09. The summed E-state index contributed by atoms with van der Waals surface area (Å²) in [5, 5.41) is 4.72. The van der Waals surface area contributed by atoms with Crippen molar-refractivity contribution in [1.29, 1.82) is 0 Å². The first kappa shape index (κ1) is 23.8. The van der Waals surface area contributed by atoms with Gasteiger partial charge in [0.15, 0.2) is 11.6 Å². The van der Waals surface area contributed by atoms with Crippen LogP contribution >= 0.6 is 0 Å². The first-order valence-corrected chi connectivity index (χ1v) is 12.1. The lowest BCUT2D eigenvalue weighted by atomic mass is 10.1. The summed E-state index contributed by atoms with van der Waals surface area (Å²) in [4.78, 5) is 15.4. The Balaban J connectivity index is 1.57. The van der Waals surface area contributed by atoms with Gasteiger partial charge in [-0.25, -0.2) is 9.07 Å². The van der Waals surface area contributed by atoms with E-state index in [0.717, 1.165) is 18.4 Å². The van der Waals surface area contributed by atoms with Crippen LogP contribution in [0.2, 0.25) is 0 Å². The Morgan fingerprint density at radius 3 is 2.44 bits per heavy atom. The van der Waals surface area contributed by atoms with Gasteiger partial charge in [-0.15, -0.1) is 0 Å². The van der Waals surface area contributed by atoms with Crippen LogP contribution in [0.1, 0.15) is 28.8 Å². The molecule has 4 aromatic rings. The molecule has 184 valence electrons. The summed E-state index contributed by atoms with van der Waals surface area (Å²) in [6, 6.07) is 25.2. The fourth-order valence-electron chi connectivity index (χ4n) is 4.49. The quantitative estimate of drug-likeness (QED) is 0.315. The number of para-hydroxylation sites is 1. The molecule has 0 radical (unpaired) electrons. The van der Waals surface area contributed by atoms with Crippen molar-refractivity contribution < 1.29 is 18.7 Å². The van der Waals surface area contributed by atoms with Crippen molar-refractivity contribution in [3.8, 4) is 22.9 Å². The zero-order valence-electron chi connectivity index (χ0n) is 20.1. The van der Waals surface area contributed by atoms with Crippen LogP contribution in [0.25, 0.3) is 11.3 Å². The van der Waals surface area contributed by atoms with Gasteiger partial charge in [0.2, 0.25) is 5.88 Å². The van der Waals surface area contributed by atoms with E-state index in [1.165, 1.54) is 6.07 Å². The smallest absolute Gasteiger partial charge is 0.254 e. The number of benzene rings is 3. The highest BCUT2D eigenvalue weighted by Crippen LogP contribution is 2.35. The standard InChI is InChI=1S/C29H28FN3O3/c1-32-29(36-26-17-9-8-16-25(26)30)24(27(31-32)21-11-4-2-5-12-21)20-33(19-23-15-10-18-35-23)28(34)22-13-6-3-7-14-22/h2-9,11-14,16-17,23H,10,15,18-20H2,1H3. The topological polar surface area (TPSA) is 56.6 Å². The molecule has 1 saturated heterocycles. The number of hydrogen-bond acceptors (Lipinski definition) is 4. The Labute approximate surface area is 209 Å². The molecule has 1 amide bonds. The van der Waals surface area contributed by atoms with Crippen LogP contribution in [-0.4, -0.2) is 39.8 Å². The zero-order chi connectivity index (χ0) is 24.9. The second kappa shape index (κ2) is 10.7. The lowest BCUT2D eigenvalue weighted by Gasteiger charge is -2.26. The number of hydrogen-bond donors (Lipinski definition) is 0. The maximum Gasteiger partial charge on any atom is 0.254 e. The summed E-state index contributed by atoms with van der Waals surface area (Å²) < 4.78 is 28.1. The van der Waals surface area contributed by atoms with Crippen LogP contribution < -0.4 is 4.74 Å². The summed E-state index contributed by atoms with van der Waals surface area (Å²) in [6.07, 6.45) is 1.84. The van der Waals surface area contributed by atoms with Gasteiger partial charge in [0.05, 0.1) is 18.2 Å². The molecule has 1 aliphatic rings. The highest BCUT2D eigenvalue weighted by Gasteiger charge is 2.28. The van der Waals surface area contributed by atoms with E-state index in [9.17, 15) is 9.18 Å². The van der Waals surface area contributed by atoms with Crippen molar-refractivity contribution in [3.63, 3.8) is 0 Å². The molecule has 5 rings (SSSR count). The van der Waals surface area contributed by atoms with Crippen LogP contribution in [0, 0.1) is 5.82 Å². The van der Waals surface area contributed by atoms with E-state index in [1.54, 1.807) is 34.8 Å². The van der Waals surface area contributed by atoms with Crippen molar-refractivity contribution >= 4 is 5.91 Å². The van der Waals surface area contributed by atoms with E-state index >= 15 is 0 Å². The van der Waals surface area contributed by atoms with E-state index in [2.05, 4.69) is 0 Å². The van der Waals surface area contributed by atoms with Crippen molar-refractivity contribution in [1.82, 2.24) is 14.7 Å². The molecule has 3 aromatic carbocycles. The van der Waals surface area contributed by atoms with Crippen LogP contribution in [-0.2, 0) is 18.3 Å². The minimum absolute atomic E-state index is 0.0366. The van der Waals surface area contributed by atoms with Crippen LogP contribution in [0.15, 0.2) is 84.9 Å².